The SMILES string of the molecule is C1=C2CCC([CH-]1)C2.C1=C2CCC([CH-]1)C2.C1=C2CCC([CH-]1)C2.C1=C2CCC([CH-]1)C2.[Ti+4]. The normalized spacial score (nSPS) is 34.2. The molecule has 8 aliphatic carbocycles. The molecule has 0 aromatic rings. The second-order valence-electron chi connectivity index (χ2n) is 10.1. The zero-order valence-electron chi connectivity index (χ0n) is 17.9. The Kier molecular flexibility index (Phi) is 7.36. The minimum atomic E-state index is 0. The Bertz CT molecular complexity index is 571. The number of rotatable bonds is 0. The third kappa shape index (κ3) is 5.65. The van der Waals surface area contributed by atoms with Crippen LogP contribution in [0.2, 0.25) is 0 Å². The Morgan fingerprint density at radius 3 is 0.724 bits per heavy atom. The van der Waals surface area contributed by atoms with E-state index < -0.39 is 0 Å². The summed E-state index contributed by atoms with van der Waals surface area (Å²) >= 11 is 0. The van der Waals surface area contributed by atoms with Crippen LogP contribution in [0.3, 0.4) is 0 Å². The third-order valence-corrected chi connectivity index (χ3v) is 7.86. The number of fused-ring (bicyclic) bond motifs is 8. The molecule has 0 saturated heterocycles. The molecule has 0 nitrogen and oxygen atoms in total. The van der Waals surface area contributed by atoms with Crippen LogP contribution in [0.4, 0.5) is 0 Å². The van der Waals surface area contributed by atoms with Gasteiger partial charge in [-0.25, -0.2) is 72.3 Å². The summed E-state index contributed by atoms with van der Waals surface area (Å²) in [6.07, 6.45) is 35.4. The molecule has 152 valence electrons. The van der Waals surface area contributed by atoms with Gasteiger partial charge >= 0.3 is 21.7 Å². The van der Waals surface area contributed by atoms with Crippen molar-refractivity contribution in [3.05, 3.63) is 72.3 Å². The molecule has 0 amide bonds. The van der Waals surface area contributed by atoms with Gasteiger partial charge < -0.3 is 0 Å². The first kappa shape index (κ1) is 21.4. The Morgan fingerprint density at radius 2 is 0.690 bits per heavy atom. The monoisotopic (exact) mass is 420 g/mol. The van der Waals surface area contributed by atoms with E-state index in [9.17, 15) is 0 Å². The van der Waals surface area contributed by atoms with Gasteiger partial charge in [-0.3, -0.25) is 0 Å². The molecule has 4 atom stereocenters. The second kappa shape index (κ2) is 9.97. The van der Waals surface area contributed by atoms with Crippen molar-refractivity contribution in [2.45, 2.75) is 77.0 Å². The van der Waals surface area contributed by atoms with E-state index in [2.05, 4.69) is 50.0 Å². The molecule has 4 saturated carbocycles. The van der Waals surface area contributed by atoms with E-state index in [1.54, 1.807) is 22.3 Å². The van der Waals surface area contributed by atoms with Gasteiger partial charge in [-0.2, -0.15) is 0 Å². The molecule has 0 aromatic heterocycles. The van der Waals surface area contributed by atoms with Crippen LogP contribution in [0, 0.1) is 49.4 Å². The van der Waals surface area contributed by atoms with E-state index in [0.717, 1.165) is 23.7 Å². The number of hydrogen-bond donors (Lipinski definition) is 0. The van der Waals surface area contributed by atoms with Crippen molar-refractivity contribution in [2.24, 2.45) is 23.7 Å². The minimum absolute atomic E-state index is 0. The topological polar surface area (TPSA) is 0 Å². The van der Waals surface area contributed by atoms with Gasteiger partial charge in [-0.05, 0) is 0 Å². The Hall–Kier alpha value is -0.846. The van der Waals surface area contributed by atoms with Gasteiger partial charge in [0.15, 0.2) is 0 Å². The van der Waals surface area contributed by atoms with Crippen molar-refractivity contribution >= 4 is 0 Å². The van der Waals surface area contributed by atoms with E-state index in [-0.39, 0.29) is 21.7 Å². The van der Waals surface area contributed by atoms with Crippen LogP contribution in [-0.4, -0.2) is 0 Å². The summed E-state index contributed by atoms with van der Waals surface area (Å²) in [5.74, 6) is 3.81. The van der Waals surface area contributed by atoms with E-state index in [1.165, 1.54) is 77.0 Å². The summed E-state index contributed by atoms with van der Waals surface area (Å²) in [4.78, 5) is 0. The second-order valence-corrected chi connectivity index (χ2v) is 10.1. The molecule has 1 heteroatoms. The molecule has 29 heavy (non-hydrogen) atoms. The van der Waals surface area contributed by atoms with E-state index >= 15 is 0 Å². The van der Waals surface area contributed by atoms with Gasteiger partial charge in [0.25, 0.3) is 0 Å². The molecular weight excluding hydrogens is 384 g/mol. The van der Waals surface area contributed by atoms with Crippen LogP contribution >= 0.6 is 0 Å². The average molecular weight is 420 g/mol. The fourth-order valence-electron chi connectivity index (χ4n) is 6.00. The third-order valence-electron chi connectivity index (χ3n) is 7.86. The first-order chi connectivity index (χ1) is 13.8. The fourth-order valence-corrected chi connectivity index (χ4v) is 6.00. The van der Waals surface area contributed by atoms with Crippen LogP contribution in [0.25, 0.3) is 0 Å². The van der Waals surface area contributed by atoms with Crippen molar-refractivity contribution in [1.29, 1.82) is 0 Å². The molecule has 8 bridgehead atoms. The maximum absolute atomic E-state index is 2.35. The van der Waals surface area contributed by atoms with Crippen molar-refractivity contribution in [3.8, 4) is 0 Å². The minimum Gasteiger partial charge on any atom is -0.229 e. The molecule has 4 fully saturated rings. The molecule has 8 rings (SSSR count). The van der Waals surface area contributed by atoms with Crippen LogP contribution in [0.5, 0.6) is 0 Å². The molecular formula is C28H36Ti. The Balaban J connectivity index is 0.0000000931. The quantitative estimate of drug-likeness (QED) is 0.278. The first-order valence-electron chi connectivity index (χ1n) is 11.9. The Labute approximate surface area is 194 Å². The fraction of sp³-hybridized carbons (Fsp3) is 0.571. The average Bonchev–Trinajstić information content (AvgIpc) is 3.63. The summed E-state index contributed by atoms with van der Waals surface area (Å²) in [7, 11) is 0. The van der Waals surface area contributed by atoms with Crippen molar-refractivity contribution in [1.82, 2.24) is 0 Å². The predicted molar refractivity (Wildman–Crippen MR) is 119 cm³/mol. The molecule has 0 spiro atoms. The molecule has 0 aromatic carbocycles. The largest absolute Gasteiger partial charge is 4.00 e. The summed E-state index contributed by atoms with van der Waals surface area (Å²) in [5.41, 5.74) is 6.74. The molecule has 0 heterocycles. The number of hydrogen-bond acceptors (Lipinski definition) is 0. The summed E-state index contributed by atoms with van der Waals surface area (Å²) in [6.45, 7) is 0. The molecule has 0 aliphatic heterocycles. The van der Waals surface area contributed by atoms with Gasteiger partial charge in [0.05, 0.1) is 0 Å². The van der Waals surface area contributed by atoms with Crippen LogP contribution < -0.4 is 0 Å². The molecule has 0 radical (unpaired) electrons. The van der Waals surface area contributed by atoms with E-state index in [4.69, 9.17) is 0 Å². The molecule has 0 N–H and O–H groups in total. The summed E-state index contributed by atoms with van der Waals surface area (Å²) in [6, 6.07) is 0. The van der Waals surface area contributed by atoms with Gasteiger partial charge in [0.2, 0.25) is 0 Å². The van der Waals surface area contributed by atoms with Crippen molar-refractivity contribution in [2.75, 3.05) is 0 Å². The van der Waals surface area contributed by atoms with Crippen molar-refractivity contribution < 1.29 is 21.7 Å². The zero-order chi connectivity index (χ0) is 18.8. The maximum Gasteiger partial charge on any atom is 4.00 e. The zero-order valence-corrected chi connectivity index (χ0v) is 19.5. The Morgan fingerprint density at radius 1 is 0.448 bits per heavy atom. The van der Waals surface area contributed by atoms with Gasteiger partial charge in [0, 0.05) is 0 Å². The van der Waals surface area contributed by atoms with Crippen molar-refractivity contribution in [3.63, 3.8) is 0 Å². The van der Waals surface area contributed by atoms with E-state index in [1.807, 2.05) is 0 Å². The number of allylic oxidation sites excluding steroid dienone is 8. The van der Waals surface area contributed by atoms with Crippen LogP contribution in [-0.2, 0) is 21.7 Å². The van der Waals surface area contributed by atoms with Crippen LogP contribution in [0.1, 0.15) is 77.0 Å². The van der Waals surface area contributed by atoms with Crippen LogP contribution in [0.15, 0.2) is 46.6 Å². The maximum atomic E-state index is 2.35. The van der Waals surface area contributed by atoms with E-state index in [0.29, 0.717) is 0 Å². The standard InChI is InChI=1S/4C7H9.Ti/c4*1-2-7-4-3-6(1)5-7;/h4*1-2,6H,3-5H2;/q4*-1;+4. The summed E-state index contributed by atoms with van der Waals surface area (Å²) in [5, 5.41) is 0. The summed E-state index contributed by atoms with van der Waals surface area (Å²) < 4.78 is 0. The van der Waals surface area contributed by atoms with Gasteiger partial charge in [0.1, 0.15) is 0 Å². The predicted octanol–water partition coefficient (Wildman–Crippen LogP) is 7.72. The van der Waals surface area contributed by atoms with Gasteiger partial charge in [-0.15, -0.1) is 49.4 Å². The van der Waals surface area contributed by atoms with Gasteiger partial charge in [-0.1, -0.05) is 51.4 Å². The molecule has 4 unspecified atom stereocenters. The first-order valence-corrected chi connectivity index (χ1v) is 11.9. The smallest absolute Gasteiger partial charge is 0.229 e. The molecule has 8 aliphatic rings.